The van der Waals surface area contributed by atoms with Gasteiger partial charge in [0.2, 0.25) is 0 Å². The third-order valence-corrected chi connectivity index (χ3v) is 3.51. The number of hydrogen-bond acceptors (Lipinski definition) is 3. The average molecular weight is 281 g/mol. The summed E-state index contributed by atoms with van der Waals surface area (Å²) in [7, 11) is 0. The highest BCUT2D eigenvalue weighted by Crippen LogP contribution is 2.21. The lowest BCUT2D eigenvalue weighted by molar-refractivity contribution is 0.101. The second kappa shape index (κ2) is 5.50. The Morgan fingerprint density at radius 3 is 2.62 bits per heavy atom. The summed E-state index contributed by atoms with van der Waals surface area (Å²) in [5, 5.41) is 2.81. The first-order valence-electron chi connectivity index (χ1n) is 6.75. The summed E-state index contributed by atoms with van der Waals surface area (Å²) in [5.41, 5.74) is 3.97. The maximum atomic E-state index is 12.3. The molecule has 0 atom stereocenters. The molecule has 1 heterocycles. The zero-order chi connectivity index (χ0) is 14.8. The van der Waals surface area contributed by atoms with Gasteiger partial charge in [0.15, 0.2) is 5.78 Å². The molecule has 1 amide bonds. The van der Waals surface area contributed by atoms with Crippen LogP contribution in [0.25, 0.3) is 0 Å². The monoisotopic (exact) mass is 281 g/mol. The summed E-state index contributed by atoms with van der Waals surface area (Å²) in [6, 6.07) is 12.5. The van der Waals surface area contributed by atoms with Crippen molar-refractivity contribution in [1.29, 1.82) is 0 Å². The van der Waals surface area contributed by atoms with Crippen LogP contribution in [0.3, 0.4) is 0 Å². The highest BCUT2D eigenvalue weighted by molar-refractivity contribution is 6.05. The zero-order valence-electron chi connectivity index (χ0n) is 11.7. The Hall–Kier alpha value is -2.46. The summed E-state index contributed by atoms with van der Waals surface area (Å²) < 4.78 is 5.34. The van der Waals surface area contributed by atoms with Crippen molar-refractivity contribution in [3.05, 3.63) is 64.7 Å². The van der Waals surface area contributed by atoms with Gasteiger partial charge in [0.25, 0.3) is 5.91 Å². The van der Waals surface area contributed by atoms with Crippen LogP contribution in [0.5, 0.6) is 0 Å². The van der Waals surface area contributed by atoms with E-state index in [1.807, 2.05) is 12.1 Å². The molecule has 0 radical (unpaired) electrons. The summed E-state index contributed by atoms with van der Waals surface area (Å²) in [6.45, 7) is 2.66. The van der Waals surface area contributed by atoms with Gasteiger partial charge in [0, 0.05) is 16.8 Å². The van der Waals surface area contributed by atoms with E-state index in [-0.39, 0.29) is 11.7 Å². The van der Waals surface area contributed by atoms with Gasteiger partial charge in [0.05, 0.1) is 13.2 Å². The second-order valence-corrected chi connectivity index (χ2v) is 5.07. The second-order valence-electron chi connectivity index (χ2n) is 5.07. The maximum Gasteiger partial charge on any atom is 0.255 e. The smallest absolute Gasteiger partial charge is 0.255 e. The van der Waals surface area contributed by atoms with E-state index in [1.54, 1.807) is 30.3 Å². The van der Waals surface area contributed by atoms with E-state index >= 15 is 0 Å². The normalized spacial score (nSPS) is 12.8. The van der Waals surface area contributed by atoms with Crippen molar-refractivity contribution in [3.63, 3.8) is 0 Å². The fourth-order valence-electron chi connectivity index (χ4n) is 2.33. The molecule has 21 heavy (non-hydrogen) atoms. The molecule has 0 aliphatic carbocycles. The predicted molar refractivity (Wildman–Crippen MR) is 79.3 cm³/mol. The lowest BCUT2D eigenvalue weighted by Crippen LogP contribution is -2.12. The largest absolute Gasteiger partial charge is 0.372 e. The minimum atomic E-state index is -0.189. The van der Waals surface area contributed by atoms with Crippen molar-refractivity contribution < 1.29 is 14.3 Å². The molecule has 0 saturated carbocycles. The van der Waals surface area contributed by atoms with Gasteiger partial charge in [-0.25, -0.2) is 0 Å². The maximum absolute atomic E-state index is 12.3. The molecule has 0 unspecified atom stereocenters. The molecular formula is C17H15NO3. The molecule has 106 valence electrons. The van der Waals surface area contributed by atoms with Crippen LogP contribution in [-0.2, 0) is 18.0 Å². The molecule has 0 saturated heterocycles. The van der Waals surface area contributed by atoms with Crippen LogP contribution in [0.2, 0.25) is 0 Å². The van der Waals surface area contributed by atoms with E-state index in [2.05, 4.69) is 5.32 Å². The minimum Gasteiger partial charge on any atom is -0.372 e. The van der Waals surface area contributed by atoms with Crippen LogP contribution in [0.15, 0.2) is 42.5 Å². The third kappa shape index (κ3) is 2.85. The topological polar surface area (TPSA) is 55.4 Å². The van der Waals surface area contributed by atoms with Crippen molar-refractivity contribution in [2.45, 2.75) is 20.1 Å². The van der Waals surface area contributed by atoms with Gasteiger partial charge in [-0.15, -0.1) is 0 Å². The van der Waals surface area contributed by atoms with Gasteiger partial charge in [0.1, 0.15) is 0 Å². The van der Waals surface area contributed by atoms with Crippen LogP contribution in [-0.4, -0.2) is 11.7 Å². The molecule has 0 spiro atoms. The van der Waals surface area contributed by atoms with Gasteiger partial charge in [-0.05, 0) is 42.3 Å². The van der Waals surface area contributed by atoms with E-state index < -0.39 is 0 Å². The quantitative estimate of drug-likeness (QED) is 0.879. The van der Waals surface area contributed by atoms with Crippen molar-refractivity contribution in [2.24, 2.45) is 0 Å². The highest BCUT2D eigenvalue weighted by Gasteiger charge is 2.14. The molecule has 2 aromatic carbocycles. The Labute approximate surface area is 122 Å². The number of benzene rings is 2. The van der Waals surface area contributed by atoms with Crippen molar-refractivity contribution in [3.8, 4) is 0 Å². The van der Waals surface area contributed by atoms with Crippen molar-refractivity contribution in [1.82, 2.24) is 0 Å². The lowest BCUT2D eigenvalue weighted by atomic mass is 10.1. The SMILES string of the molecule is CC(=O)c1cccc(NC(=O)c2ccc3c(c2)COC3)c1. The fraction of sp³-hybridized carbons (Fsp3) is 0.176. The lowest BCUT2D eigenvalue weighted by Gasteiger charge is -2.07. The van der Waals surface area contributed by atoms with Gasteiger partial charge in [-0.1, -0.05) is 18.2 Å². The zero-order valence-corrected chi connectivity index (χ0v) is 11.7. The number of carbonyl (C=O) groups excluding carboxylic acids is 2. The Morgan fingerprint density at radius 2 is 1.81 bits per heavy atom. The van der Waals surface area contributed by atoms with Crippen LogP contribution < -0.4 is 5.32 Å². The van der Waals surface area contributed by atoms with E-state index in [4.69, 9.17) is 4.74 Å². The highest BCUT2D eigenvalue weighted by atomic mass is 16.5. The first kappa shape index (κ1) is 13.5. The summed E-state index contributed by atoms with van der Waals surface area (Å²) in [6.07, 6.45) is 0. The van der Waals surface area contributed by atoms with Crippen LogP contribution >= 0.6 is 0 Å². The number of anilines is 1. The fourth-order valence-corrected chi connectivity index (χ4v) is 2.33. The van der Waals surface area contributed by atoms with Gasteiger partial charge in [-0.2, -0.15) is 0 Å². The van der Waals surface area contributed by atoms with Crippen molar-refractivity contribution in [2.75, 3.05) is 5.32 Å². The van der Waals surface area contributed by atoms with Gasteiger partial charge >= 0.3 is 0 Å². The van der Waals surface area contributed by atoms with E-state index in [0.717, 1.165) is 11.1 Å². The number of ether oxygens (including phenoxy) is 1. The molecule has 1 aliphatic heterocycles. The van der Waals surface area contributed by atoms with E-state index in [1.165, 1.54) is 6.92 Å². The number of carbonyl (C=O) groups is 2. The van der Waals surface area contributed by atoms with Crippen LogP contribution in [0.1, 0.15) is 38.8 Å². The molecule has 3 rings (SSSR count). The Morgan fingerprint density at radius 1 is 1.00 bits per heavy atom. The van der Waals surface area contributed by atoms with E-state index in [9.17, 15) is 9.59 Å². The standard InChI is InChI=1S/C17H15NO3/c1-11(19)12-3-2-4-16(8-12)18-17(20)13-5-6-14-9-21-10-15(14)7-13/h2-8H,9-10H2,1H3,(H,18,20). The Kier molecular flexibility index (Phi) is 3.54. The Balaban J connectivity index is 1.80. The number of ketones is 1. The first-order chi connectivity index (χ1) is 10.1. The molecule has 0 aromatic heterocycles. The third-order valence-electron chi connectivity index (χ3n) is 3.51. The molecule has 1 N–H and O–H groups in total. The summed E-state index contributed by atoms with van der Waals surface area (Å²) in [5.74, 6) is -0.216. The van der Waals surface area contributed by atoms with Gasteiger partial charge in [-0.3, -0.25) is 9.59 Å². The van der Waals surface area contributed by atoms with Gasteiger partial charge < -0.3 is 10.1 Å². The molecule has 4 heteroatoms. The Bertz CT molecular complexity index is 722. The predicted octanol–water partition coefficient (Wildman–Crippen LogP) is 3.17. The molecule has 1 aliphatic rings. The van der Waals surface area contributed by atoms with Crippen LogP contribution in [0, 0.1) is 0 Å². The molecule has 2 aromatic rings. The minimum absolute atomic E-state index is 0.0271. The van der Waals surface area contributed by atoms with Crippen LogP contribution in [0.4, 0.5) is 5.69 Å². The first-order valence-corrected chi connectivity index (χ1v) is 6.75. The average Bonchev–Trinajstić information content (AvgIpc) is 2.94. The molecular weight excluding hydrogens is 266 g/mol. The molecule has 0 bridgehead atoms. The summed E-state index contributed by atoms with van der Waals surface area (Å²) >= 11 is 0. The van der Waals surface area contributed by atoms with Crippen molar-refractivity contribution >= 4 is 17.4 Å². The number of amides is 1. The number of fused-ring (bicyclic) bond motifs is 1. The number of nitrogens with one attached hydrogen (secondary N) is 1. The molecule has 4 nitrogen and oxygen atoms in total. The number of hydrogen-bond donors (Lipinski definition) is 1. The summed E-state index contributed by atoms with van der Waals surface area (Å²) in [4.78, 5) is 23.6. The number of Topliss-reactive ketones (excluding diaryl/α,β-unsaturated/α-hetero) is 1. The van der Waals surface area contributed by atoms with E-state index in [0.29, 0.717) is 30.0 Å². The number of rotatable bonds is 3. The molecule has 0 fully saturated rings.